The molecule has 1 aromatic carbocycles. The molecule has 0 aliphatic heterocycles. The summed E-state index contributed by atoms with van der Waals surface area (Å²) in [7, 11) is 0. The fourth-order valence-electron chi connectivity index (χ4n) is 0.971. The van der Waals surface area contributed by atoms with Crippen molar-refractivity contribution in [1.29, 1.82) is 0 Å². The van der Waals surface area contributed by atoms with Crippen LogP contribution < -0.4 is 0 Å². The predicted octanol–water partition coefficient (Wildman–Crippen LogP) is 4.95. The van der Waals surface area contributed by atoms with E-state index in [-0.39, 0.29) is 5.75 Å². The Morgan fingerprint density at radius 1 is 1.12 bits per heavy atom. The van der Waals surface area contributed by atoms with Gasteiger partial charge in [0.25, 0.3) is 0 Å². The number of hydrogen-bond acceptors (Lipinski definition) is 1. The predicted molar refractivity (Wildman–Crippen MR) is 63.1 cm³/mol. The zero-order valence-corrected chi connectivity index (χ0v) is 10.7. The molecule has 0 aliphatic rings. The molecule has 0 aliphatic carbocycles. The normalized spacial score (nSPS) is 13.1. The Morgan fingerprint density at radius 3 is 2.12 bits per heavy atom. The Hall–Kier alpha value is -0.130. The number of halogens is 6. The van der Waals surface area contributed by atoms with Crippen molar-refractivity contribution in [3.05, 3.63) is 35.9 Å². The fourth-order valence-corrected chi connectivity index (χ4v) is 2.29. The van der Waals surface area contributed by atoms with Gasteiger partial charge in [-0.1, -0.05) is 53.5 Å². The molecule has 0 amide bonds. The molecule has 0 nitrogen and oxygen atoms in total. The summed E-state index contributed by atoms with van der Waals surface area (Å²) in [5.74, 6) is -4.44. The number of rotatable bonds is 5. The van der Waals surface area contributed by atoms with Crippen molar-refractivity contribution in [2.75, 3.05) is 0 Å². The molecule has 7 heteroatoms. The van der Waals surface area contributed by atoms with Gasteiger partial charge in [-0.25, -0.2) is 8.78 Å². The van der Waals surface area contributed by atoms with Gasteiger partial charge in [0.2, 0.25) is 3.67 Å². The fraction of sp³-hybridized carbons (Fsp3) is 0.400. The first-order valence-electron chi connectivity index (χ1n) is 4.49. The molecule has 1 aromatic rings. The zero-order chi connectivity index (χ0) is 13.1. The number of thioether (sulfide) groups is 1. The van der Waals surface area contributed by atoms with Crippen LogP contribution in [0.3, 0.4) is 0 Å². The summed E-state index contributed by atoms with van der Waals surface area (Å²) in [5, 5.41) is 0. The van der Waals surface area contributed by atoms with Gasteiger partial charge in [-0.05, 0) is 5.56 Å². The van der Waals surface area contributed by atoms with Crippen LogP contribution in [0.2, 0.25) is 0 Å². The van der Waals surface area contributed by atoms with Crippen molar-refractivity contribution in [3.63, 3.8) is 0 Å². The van der Waals surface area contributed by atoms with Gasteiger partial charge in [0.15, 0.2) is 0 Å². The topological polar surface area (TPSA) is 0 Å². The van der Waals surface area contributed by atoms with Gasteiger partial charge < -0.3 is 0 Å². The summed E-state index contributed by atoms with van der Waals surface area (Å²) >= 11 is 10.9. The highest BCUT2D eigenvalue weighted by atomic mass is 35.5. The number of hydrogen-bond donors (Lipinski definition) is 0. The van der Waals surface area contributed by atoms with Crippen molar-refractivity contribution in [2.24, 2.45) is 0 Å². The maximum absolute atomic E-state index is 13.0. The van der Waals surface area contributed by atoms with E-state index in [1.165, 1.54) is 0 Å². The highest BCUT2D eigenvalue weighted by Crippen LogP contribution is 2.51. The Kier molecular flexibility index (Phi) is 4.98. The van der Waals surface area contributed by atoms with Crippen LogP contribution in [0.4, 0.5) is 17.6 Å². The van der Waals surface area contributed by atoms with E-state index in [0.717, 1.165) is 0 Å². The molecule has 0 spiro atoms. The van der Waals surface area contributed by atoms with Gasteiger partial charge in [-0.15, -0.1) is 11.8 Å². The largest absolute Gasteiger partial charge is 0.348 e. The highest BCUT2D eigenvalue weighted by Gasteiger charge is 2.59. The second kappa shape index (κ2) is 5.67. The second-order valence-electron chi connectivity index (χ2n) is 3.21. The molecular weight excluding hydrogens is 299 g/mol. The summed E-state index contributed by atoms with van der Waals surface area (Å²) in [6, 6.07) is 8.47. The van der Waals surface area contributed by atoms with E-state index in [4.69, 9.17) is 23.2 Å². The van der Waals surface area contributed by atoms with Gasteiger partial charge >= 0.3 is 12.3 Å². The molecule has 0 unspecified atom stereocenters. The van der Waals surface area contributed by atoms with Gasteiger partial charge in [-0.3, -0.25) is 0 Å². The van der Waals surface area contributed by atoms with Crippen LogP contribution in [0.25, 0.3) is 0 Å². The van der Waals surface area contributed by atoms with Crippen LogP contribution >= 0.6 is 35.0 Å². The molecule has 96 valence electrons. The van der Waals surface area contributed by atoms with E-state index in [2.05, 4.69) is 0 Å². The van der Waals surface area contributed by atoms with E-state index in [1.54, 1.807) is 30.3 Å². The first-order valence-corrected chi connectivity index (χ1v) is 6.23. The summed E-state index contributed by atoms with van der Waals surface area (Å²) in [4.78, 5) is 0. The minimum Gasteiger partial charge on any atom is -0.203 e. The molecule has 0 aromatic heterocycles. The summed E-state index contributed by atoms with van der Waals surface area (Å²) in [6.07, 6.45) is -3.90. The van der Waals surface area contributed by atoms with Crippen molar-refractivity contribution < 1.29 is 17.6 Å². The molecule has 0 saturated carbocycles. The lowest BCUT2D eigenvalue weighted by Crippen LogP contribution is -2.42. The third-order valence-corrected chi connectivity index (χ3v) is 4.20. The lowest BCUT2D eigenvalue weighted by atomic mass is 10.2. The van der Waals surface area contributed by atoms with E-state index >= 15 is 0 Å². The van der Waals surface area contributed by atoms with E-state index in [9.17, 15) is 17.6 Å². The molecule has 0 bridgehead atoms. The van der Waals surface area contributed by atoms with Crippen molar-refractivity contribution in [2.45, 2.75) is 21.8 Å². The number of benzene rings is 1. The van der Waals surface area contributed by atoms with E-state index in [0.29, 0.717) is 17.3 Å². The molecular formula is C10H8Cl2F4S. The molecule has 0 fully saturated rings. The van der Waals surface area contributed by atoms with Gasteiger partial charge in [0.05, 0.1) is 0 Å². The third kappa shape index (κ3) is 3.66. The summed E-state index contributed by atoms with van der Waals surface area (Å²) < 4.78 is 47.3. The molecule has 0 radical (unpaired) electrons. The SMILES string of the molecule is FC(F)C(F)(F)C(Cl)(Cl)SCc1ccccc1. The van der Waals surface area contributed by atoms with E-state index in [1.807, 2.05) is 0 Å². The van der Waals surface area contributed by atoms with Crippen LogP contribution in [0.5, 0.6) is 0 Å². The van der Waals surface area contributed by atoms with Gasteiger partial charge in [0.1, 0.15) is 0 Å². The van der Waals surface area contributed by atoms with Crippen LogP contribution in [-0.2, 0) is 5.75 Å². The van der Waals surface area contributed by atoms with Crippen molar-refractivity contribution in [3.8, 4) is 0 Å². The van der Waals surface area contributed by atoms with Crippen LogP contribution in [-0.4, -0.2) is 16.0 Å². The molecule has 0 saturated heterocycles. The van der Waals surface area contributed by atoms with Crippen LogP contribution in [0, 0.1) is 0 Å². The van der Waals surface area contributed by atoms with Crippen molar-refractivity contribution in [1.82, 2.24) is 0 Å². The first kappa shape index (κ1) is 14.9. The van der Waals surface area contributed by atoms with Gasteiger partial charge in [-0.2, -0.15) is 8.78 Å². The Bertz CT molecular complexity index is 357. The highest BCUT2D eigenvalue weighted by molar-refractivity contribution is 8.02. The quantitative estimate of drug-likeness (QED) is 0.548. The van der Waals surface area contributed by atoms with Crippen LogP contribution in [0.15, 0.2) is 30.3 Å². The Labute approximate surface area is 110 Å². The minimum absolute atomic E-state index is 0.0240. The minimum atomic E-state index is -4.46. The van der Waals surface area contributed by atoms with Crippen molar-refractivity contribution >= 4 is 35.0 Å². The average molecular weight is 307 g/mol. The lowest BCUT2D eigenvalue weighted by molar-refractivity contribution is -0.123. The standard InChI is InChI=1S/C10H8Cl2F4S/c11-10(12,9(15,16)8(13)14)17-6-7-4-2-1-3-5-7/h1-5,8H,6H2. The lowest BCUT2D eigenvalue weighted by Gasteiger charge is -2.28. The van der Waals surface area contributed by atoms with Crippen LogP contribution in [0.1, 0.15) is 5.56 Å². The third-order valence-electron chi connectivity index (χ3n) is 1.93. The first-order chi connectivity index (χ1) is 7.77. The maximum Gasteiger partial charge on any atom is 0.348 e. The smallest absolute Gasteiger partial charge is 0.203 e. The molecule has 0 N–H and O–H groups in total. The monoisotopic (exact) mass is 306 g/mol. The maximum atomic E-state index is 13.0. The molecule has 0 heterocycles. The summed E-state index contributed by atoms with van der Waals surface area (Å²) in [5.41, 5.74) is 0.674. The Morgan fingerprint density at radius 2 is 1.65 bits per heavy atom. The molecule has 1 rings (SSSR count). The Balaban J connectivity index is 2.68. The summed E-state index contributed by atoms with van der Waals surface area (Å²) in [6.45, 7) is 0. The van der Waals surface area contributed by atoms with E-state index < -0.39 is 16.0 Å². The second-order valence-corrected chi connectivity index (χ2v) is 6.18. The number of alkyl halides is 6. The molecule has 0 atom stereocenters. The molecule has 17 heavy (non-hydrogen) atoms. The average Bonchev–Trinajstić information content (AvgIpc) is 2.27. The van der Waals surface area contributed by atoms with Gasteiger partial charge in [0, 0.05) is 5.75 Å². The zero-order valence-electron chi connectivity index (χ0n) is 8.35.